The van der Waals surface area contributed by atoms with E-state index >= 15 is 0 Å². The molecule has 5 nitrogen and oxygen atoms in total. The van der Waals surface area contributed by atoms with Crippen molar-refractivity contribution in [3.63, 3.8) is 0 Å². The van der Waals surface area contributed by atoms with Crippen molar-refractivity contribution >= 4 is 11.8 Å². The van der Waals surface area contributed by atoms with Crippen molar-refractivity contribution in [1.29, 1.82) is 0 Å². The lowest BCUT2D eigenvalue weighted by molar-refractivity contribution is -0.139. The maximum atomic E-state index is 12.8. The molecule has 0 bridgehead atoms. The van der Waals surface area contributed by atoms with E-state index in [9.17, 15) is 9.59 Å². The zero-order valence-corrected chi connectivity index (χ0v) is 15.4. The molecule has 0 aliphatic heterocycles. The molecule has 0 aliphatic rings. The number of nitrogens with zero attached hydrogens (tertiary/aromatic N) is 1. The van der Waals surface area contributed by atoms with E-state index in [4.69, 9.17) is 4.74 Å². The van der Waals surface area contributed by atoms with Gasteiger partial charge < -0.3 is 15.0 Å². The minimum absolute atomic E-state index is 0.128. The van der Waals surface area contributed by atoms with Crippen LogP contribution in [0.5, 0.6) is 0 Å². The topological polar surface area (TPSA) is 58.6 Å². The van der Waals surface area contributed by atoms with E-state index in [1.807, 2.05) is 60.7 Å². The van der Waals surface area contributed by atoms with Gasteiger partial charge in [-0.15, -0.1) is 0 Å². The highest BCUT2D eigenvalue weighted by Gasteiger charge is 2.28. The molecule has 2 amide bonds. The Morgan fingerprint density at radius 3 is 2.12 bits per heavy atom. The second kappa shape index (κ2) is 10.4. The summed E-state index contributed by atoms with van der Waals surface area (Å²) in [6.45, 7) is 2.75. The van der Waals surface area contributed by atoms with Gasteiger partial charge in [0.1, 0.15) is 6.04 Å². The average molecular weight is 354 g/mol. The predicted molar refractivity (Wildman–Crippen MR) is 101 cm³/mol. The van der Waals surface area contributed by atoms with Crippen molar-refractivity contribution < 1.29 is 14.3 Å². The highest BCUT2D eigenvalue weighted by molar-refractivity contribution is 5.87. The maximum Gasteiger partial charge on any atom is 0.243 e. The van der Waals surface area contributed by atoms with Crippen LogP contribution in [0.3, 0.4) is 0 Å². The van der Waals surface area contributed by atoms with Gasteiger partial charge in [-0.2, -0.15) is 0 Å². The van der Waals surface area contributed by atoms with Gasteiger partial charge in [0.25, 0.3) is 0 Å². The van der Waals surface area contributed by atoms with E-state index in [2.05, 4.69) is 5.32 Å². The maximum absolute atomic E-state index is 12.8. The van der Waals surface area contributed by atoms with Gasteiger partial charge in [-0.3, -0.25) is 9.59 Å². The lowest BCUT2D eigenvalue weighted by Gasteiger charge is -2.30. The van der Waals surface area contributed by atoms with Gasteiger partial charge in [0.05, 0.1) is 6.61 Å². The van der Waals surface area contributed by atoms with Crippen LogP contribution in [-0.2, 0) is 27.3 Å². The Balaban J connectivity index is 2.22. The van der Waals surface area contributed by atoms with E-state index in [-0.39, 0.29) is 11.8 Å². The number of rotatable bonds is 9. The fraction of sp³-hybridized carbons (Fsp3) is 0.333. The number of carbonyl (C=O) groups excluding carboxylic acids is 2. The molecule has 0 radical (unpaired) electrons. The van der Waals surface area contributed by atoms with E-state index in [1.54, 1.807) is 12.0 Å². The van der Waals surface area contributed by atoms with Gasteiger partial charge in [0.15, 0.2) is 0 Å². The van der Waals surface area contributed by atoms with Crippen molar-refractivity contribution in [3.05, 3.63) is 71.8 Å². The Labute approximate surface area is 155 Å². The number of hydrogen-bond acceptors (Lipinski definition) is 3. The molecule has 5 heteroatoms. The van der Waals surface area contributed by atoms with Gasteiger partial charge in [-0.05, 0) is 11.1 Å². The molecule has 1 atom stereocenters. The molecule has 138 valence electrons. The molecule has 0 spiro atoms. The molecule has 1 unspecified atom stereocenters. The highest BCUT2D eigenvalue weighted by atomic mass is 16.5. The summed E-state index contributed by atoms with van der Waals surface area (Å²) in [6.07, 6.45) is 0.464. The number of benzene rings is 2. The van der Waals surface area contributed by atoms with Crippen LogP contribution in [-0.4, -0.2) is 43.0 Å². The van der Waals surface area contributed by atoms with Crippen molar-refractivity contribution in [2.24, 2.45) is 0 Å². The first-order valence-corrected chi connectivity index (χ1v) is 8.73. The molecular weight excluding hydrogens is 328 g/mol. The third kappa shape index (κ3) is 6.01. The quantitative estimate of drug-likeness (QED) is 0.704. The second-order valence-corrected chi connectivity index (χ2v) is 6.12. The SMILES string of the molecule is COCCNC(=O)C(Cc1ccccc1)N(Cc1ccccc1)C(C)=O. The highest BCUT2D eigenvalue weighted by Crippen LogP contribution is 2.14. The van der Waals surface area contributed by atoms with E-state index in [0.29, 0.717) is 26.1 Å². The Kier molecular flexibility index (Phi) is 7.83. The summed E-state index contributed by atoms with van der Waals surface area (Å²) in [7, 11) is 1.59. The summed E-state index contributed by atoms with van der Waals surface area (Å²) in [6, 6.07) is 18.9. The summed E-state index contributed by atoms with van der Waals surface area (Å²) in [5.74, 6) is -0.297. The fourth-order valence-electron chi connectivity index (χ4n) is 2.80. The van der Waals surface area contributed by atoms with Crippen LogP contribution < -0.4 is 5.32 Å². The van der Waals surface area contributed by atoms with Gasteiger partial charge in [0.2, 0.25) is 11.8 Å². The molecule has 26 heavy (non-hydrogen) atoms. The monoisotopic (exact) mass is 354 g/mol. The van der Waals surface area contributed by atoms with E-state index < -0.39 is 6.04 Å². The van der Waals surface area contributed by atoms with Gasteiger partial charge in [0, 0.05) is 33.5 Å². The minimum atomic E-state index is -0.577. The molecular formula is C21H26N2O3. The summed E-state index contributed by atoms with van der Waals surface area (Å²) < 4.78 is 5.00. The van der Waals surface area contributed by atoms with Crippen LogP contribution in [0.1, 0.15) is 18.1 Å². The number of carbonyl (C=O) groups is 2. The molecule has 2 aromatic rings. The molecule has 0 aliphatic carbocycles. The summed E-state index contributed by atoms with van der Waals surface area (Å²) >= 11 is 0. The Hall–Kier alpha value is -2.66. The summed E-state index contributed by atoms with van der Waals surface area (Å²) in [4.78, 5) is 26.8. The van der Waals surface area contributed by atoms with E-state index in [1.165, 1.54) is 6.92 Å². The van der Waals surface area contributed by atoms with Gasteiger partial charge in [-0.25, -0.2) is 0 Å². The lowest BCUT2D eigenvalue weighted by atomic mass is 10.0. The second-order valence-electron chi connectivity index (χ2n) is 6.12. The summed E-state index contributed by atoms with van der Waals surface area (Å²) in [5.41, 5.74) is 2.00. The Morgan fingerprint density at radius 1 is 1.00 bits per heavy atom. The molecule has 2 aromatic carbocycles. The first-order valence-electron chi connectivity index (χ1n) is 8.73. The fourth-order valence-corrected chi connectivity index (χ4v) is 2.80. The molecule has 0 saturated heterocycles. The third-order valence-electron chi connectivity index (χ3n) is 4.16. The zero-order chi connectivity index (χ0) is 18.8. The van der Waals surface area contributed by atoms with Crippen LogP contribution in [0.25, 0.3) is 0 Å². The number of hydrogen-bond donors (Lipinski definition) is 1. The third-order valence-corrected chi connectivity index (χ3v) is 4.16. The molecule has 0 saturated carbocycles. The van der Waals surface area contributed by atoms with Crippen LogP contribution in [0.15, 0.2) is 60.7 Å². The Bertz CT molecular complexity index is 689. The summed E-state index contributed by atoms with van der Waals surface area (Å²) in [5, 5.41) is 2.87. The van der Waals surface area contributed by atoms with Crippen molar-refractivity contribution in [3.8, 4) is 0 Å². The minimum Gasteiger partial charge on any atom is -0.383 e. The standard InChI is InChI=1S/C21H26N2O3/c1-17(24)23(16-19-11-7-4-8-12-19)20(21(25)22-13-14-26-2)15-18-9-5-3-6-10-18/h3-12,20H,13-16H2,1-2H3,(H,22,25). The van der Waals surface area contributed by atoms with Crippen LogP contribution >= 0.6 is 0 Å². The molecule has 2 rings (SSSR count). The molecule has 0 aromatic heterocycles. The number of nitrogens with one attached hydrogen (secondary N) is 1. The normalized spacial score (nSPS) is 11.6. The number of methoxy groups -OCH3 is 1. The van der Waals surface area contributed by atoms with Crippen LogP contribution in [0, 0.1) is 0 Å². The molecule has 0 heterocycles. The molecule has 1 N–H and O–H groups in total. The van der Waals surface area contributed by atoms with Crippen molar-refractivity contribution in [2.75, 3.05) is 20.3 Å². The van der Waals surface area contributed by atoms with E-state index in [0.717, 1.165) is 11.1 Å². The van der Waals surface area contributed by atoms with Gasteiger partial charge >= 0.3 is 0 Å². The van der Waals surface area contributed by atoms with Crippen LogP contribution in [0.2, 0.25) is 0 Å². The smallest absolute Gasteiger partial charge is 0.243 e. The Morgan fingerprint density at radius 2 is 1.58 bits per heavy atom. The van der Waals surface area contributed by atoms with Crippen molar-refractivity contribution in [1.82, 2.24) is 10.2 Å². The van der Waals surface area contributed by atoms with Crippen LogP contribution in [0.4, 0.5) is 0 Å². The van der Waals surface area contributed by atoms with Gasteiger partial charge in [-0.1, -0.05) is 60.7 Å². The number of amides is 2. The molecule has 0 fully saturated rings. The first kappa shape index (κ1) is 19.7. The largest absolute Gasteiger partial charge is 0.383 e. The lowest BCUT2D eigenvalue weighted by Crippen LogP contribution is -2.50. The average Bonchev–Trinajstić information content (AvgIpc) is 2.66. The zero-order valence-electron chi connectivity index (χ0n) is 15.4. The first-order chi connectivity index (χ1) is 12.6. The number of ether oxygens (including phenoxy) is 1. The predicted octanol–water partition coefficient (Wildman–Crippen LogP) is 2.41. The van der Waals surface area contributed by atoms with Crippen molar-refractivity contribution in [2.45, 2.75) is 25.9 Å².